The zero-order chi connectivity index (χ0) is 19.2. The van der Waals surface area contributed by atoms with E-state index in [2.05, 4.69) is 36.3 Å². The number of carbonyl (C=O) groups is 1. The number of nitrogens with one attached hydrogen (secondary N) is 1. The van der Waals surface area contributed by atoms with Crippen molar-refractivity contribution in [1.29, 1.82) is 0 Å². The summed E-state index contributed by atoms with van der Waals surface area (Å²) in [5.74, 6) is 2.00. The average molecular weight is 385 g/mol. The van der Waals surface area contributed by atoms with Crippen LogP contribution in [0.15, 0.2) is 52.2 Å². The molecule has 0 spiro atoms. The van der Waals surface area contributed by atoms with E-state index in [1.165, 1.54) is 11.8 Å². The summed E-state index contributed by atoms with van der Waals surface area (Å²) in [5, 5.41) is 12.2. The molecule has 0 aliphatic heterocycles. The van der Waals surface area contributed by atoms with Crippen LogP contribution < -0.4 is 5.32 Å². The molecule has 0 bridgehead atoms. The Bertz CT molecular complexity index is 887. The summed E-state index contributed by atoms with van der Waals surface area (Å²) >= 11 is 1.38. The van der Waals surface area contributed by atoms with Crippen molar-refractivity contribution in [2.75, 3.05) is 11.1 Å². The Kier molecular flexibility index (Phi) is 6.34. The van der Waals surface area contributed by atoms with Gasteiger partial charge in [-0.2, -0.15) is 0 Å². The Labute approximate surface area is 163 Å². The molecule has 2 heterocycles. The highest BCUT2D eigenvalue weighted by Crippen LogP contribution is 2.26. The Balaban J connectivity index is 1.71. The van der Waals surface area contributed by atoms with Gasteiger partial charge in [0.25, 0.3) is 0 Å². The van der Waals surface area contributed by atoms with Crippen molar-refractivity contribution in [1.82, 2.24) is 14.8 Å². The van der Waals surface area contributed by atoms with Gasteiger partial charge in [0, 0.05) is 12.2 Å². The molecule has 3 rings (SSSR count). The number of aromatic nitrogens is 3. The average Bonchev–Trinajstić information content (AvgIpc) is 3.30. The number of amides is 1. The molecular formula is C20H24N4O2S. The number of para-hydroxylation sites is 1. The fourth-order valence-corrected chi connectivity index (χ4v) is 3.53. The molecule has 0 saturated carbocycles. The first-order valence-corrected chi connectivity index (χ1v) is 10.0. The predicted octanol–water partition coefficient (Wildman–Crippen LogP) is 4.49. The van der Waals surface area contributed by atoms with E-state index >= 15 is 0 Å². The maximum absolute atomic E-state index is 12.4. The first kappa shape index (κ1) is 19.2. The van der Waals surface area contributed by atoms with Crippen LogP contribution in [0.25, 0.3) is 11.6 Å². The monoisotopic (exact) mass is 384 g/mol. The molecule has 1 aromatic carbocycles. The number of rotatable bonds is 8. The van der Waals surface area contributed by atoms with E-state index in [0.29, 0.717) is 22.7 Å². The van der Waals surface area contributed by atoms with E-state index in [0.717, 1.165) is 24.2 Å². The molecule has 2 aromatic heterocycles. The summed E-state index contributed by atoms with van der Waals surface area (Å²) in [6, 6.07) is 11.6. The van der Waals surface area contributed by atoms with Crippen molar-refractivity contribution in [3.05, 3.63) is 48.2 Å². The molecule has 0 fully saturated rings. The van der Waals surface area contributed by atoms with Crippen LogP contribution in [-0.4, -0.2) is 26.4 Å². The largest absolute Gasteiger partial charge is 0.461 e. The summed E-state index contributed by atoms with van der Waals surface area (Å²) in [6.45, 7) is 7.10. The van der Waals surface area contributed by atoms with Crippen LogP contribution in [0.1, 0.15) is 26.3 Å². The lowest BCUT2D eigenvalue weighted by Gasteiger charge is -2.12. The number of thioether (sulfide) groups is 1. The molecule has 6 nitrogen and oxygen atoms in total. The maximum Gasteiger partial charge on any atom is 0.234 e. The first-order valence-electron chi connectivity index (χ1n) is 9.06. The van der Waals surface area contributed by atoms with Crippen LogP contribution in [0.4, 0.5) is 5.69 Å². The van der Waals surface area contributed by atoms with Gasteiger partial charge >= 0.3 is 0 Å². The lowest BCUT2D eigenvalue weighted by atomic mass is 10.1. The molecule has 0 radical (unpaired) electrons. The van der Waals surface area contributed by atoms with E-state index in [4.69, 9.17) is 4.42 Å². The molecule has 0 atom stereocenters. The van der Waals surface area contributed by atoms with Gasteiger partial charge in [-0.05, 0) is 36.1 Å². The second kappa shape index (κ2) is 8.90. The van der Waals surface area contributed by atoms with Crippen LogP contribution in [0.3, 0.4) is 0 Å². The lowest BCUT2D eigenvalue weighted by Crippen LogP contribution is -2.16. The van der Waals surface area contributed by atoms with E-state index in [-0.39, 0.29) is 11.7 Å². The van der Waals surface area contributed by atoms with E-state index in [1.54, 1.807) is 6.26 Å². The van der Waals surface area contributed by atoms with Gasteiger partial charge in [0.1, 0.15) is 0 Å². The number of aryl methyl sites for hydroxylation is 1. The second-order valence-electron chi connectivity index (χ2n) is 6.64. The zero-order valence-electron chi connectivity index (χ0n) is 15.8. The third-order valence-corrected chi connectivity index (χ3v) is 4.98. The van der Waals surface area contributed by atoms with E-state index in [1.807, 2.05) is 41.0 Å². The number of nitrogens with zero attached hydrogens (tertiary/aromatic N) is 3. The summed E-state index contributed by atoms with van der Waals surface area (Å²) in [6.07, 6.45) is 2.49. The minimum absolute atomic E-state index is 0.0560. The molecular weight excluding hydrogens is 360 g/mol. The Hall–Kier alpha value is -2.54. The van der Waals surface area contributed by atoms with Crippen molar-refractivity contribution in [2.24, 2.45) is 5.92 Å². The van der Waals surface area contributed by atoms with Gasteiger partial charge in [0.15, 0.2) is 16.7 Å². The molecule has 7 heteroatoms. The summed E-state index contributed by atoms with van der Waals surface area (Å²) in [5.41, 5.74) is 1.99. The number of hydrogen-bond acceptors (Lipinski definition) is 5. The Morgan fingerprint density at radius 3 is 2.74 bits per heavy atom. The number of hydrogen-bond donors (Lipinski definition) is 1. The molecule has 0 aliphatic rings. The highest BCUT2D eigenvalue weighted by molar-refractivity contribution is 7.99. The topological polar surface area (TPSA) is 73.0 Å². The summed E-state index contributed by atoms with van der Waals surface area (Å²) < 4.78 is 7.49. The van der Waals surface area contributed by atoms with Gasteiger partial charge in [0.05, 0.1) is 12.0 Å². The molecule has 1 N–H and O–H groups in total. The number of furan rings is 1. The van der Waals surface area contributed by atoms with Gasteiger partial charge in [-0.15, -0.1) is 10.2 Å². The van der Waals surface area contributed by atoms with Crippen molar-refractivity contribution < 1.29 is 9.21 Å². The van der Waals surface area contributed by atoms with Crippen LogP contribution in [0, 0.1) is 5.92 Å². The van der Waals surface area contributed by atoms with E-state index < -0.39 is 0 Å². The zero-order valence-corrected chi connectivity index (χ0v) is 16.6. The SMILES string of the molecule is CCc1ccccc1NC(=O)CSc1nnc(-c2ccco2)n1CC(C)C. The summed E-state index contributed by atoms with van der Waals surface area (Å²) in [7, 11) is 0. The second-order valence-corrected chi connectivity index (χ2v) is 7.58. The number of carbonyl (C=O) groups excluding carboxylic acids is 1. The minimum Gasteiger partial charge on any atom is -0.461 e. The van der Waals surface area contributed by atoms with Crippen LogP contribution in [0.5, 0.6) is 0 Å². The smallest absolute Gasteiger partial charge is 0.234 e. The molecule has 3 aromatic rings. The molecule has 142 valence electrons. The molecule has 27 heavy (non-hydrogen) atoms. The van der Waals surface area contributed by atoms with Crippen molar-refractivity contribution >= 4 is 23.4 Å². The Morgan fingerprint density at radius 1 is 1.22 bits per heavy atom. The van der Waals surface area contributed by atoms with Gasteiger partial charge in [-0.25, -0.2) is 0 Å². The third-order valence-electron chi connectivity index (χ3n) is 4.01. The van der Waals surface area contributed by atoms with Crippen LogP contribution >= 0.6 is 11.8 Å². The standard InChI is InChI=1S/C20H24N4O2S/c1-4-15-8-5-6-9-16(15)21-18(25)13-27-20-23-22-19(17-10-7-11-26-17)24(20)12-14(2)3/h5-11,14H,4,12-13H2,1-3H3,(H,21,25). The van der Waals surface area contributed by atoms with Gasteiger partial charge < -0.3 is 9.73 Å². The van der Waals surface area contributed by atoms with Crippen LogP contribution in [-0.2, 0) is 17.8 Å². The van der Waals surface area contributed by atoms with Crippen molar-refractivity contribution in [2.45, 2.75) is 38.9 Å². The lowest BCUT2D eigenvalue weighted by molar-refractivity contribution is -0.113. The number of benzene rings is 1. The fraction of sp³-hybridized carbons (Fsp3) is 0.350. The highest BCUT2D eigenvalue weighted by atomic mass is 32.2. The van der Waals surface area contributed by atoms with Gasteiger partial charge in [-0.1, -0.05) is 50.7 Å². The quantitative estimate of drug-likeness (QED) is 0.579. The highest BCUT2D eigenvalue weighted by Gasteiger charge is 2.18. The first-order chi connectivity index (χ1) is 13.1. The fourth-order valence-electron chi connectivity index (χ4n) is 2.78. The van der Waals surface area contributed by atoms with Crippen molar-refractivity contribution in [3.8, 4) is 11.6 Å². The van der Waals surface area contributed by atoms with Crippen molar-refractivity contribution in [3.63, 3.8) is 0 Å². The maximum atomic E-state index is 12.4. The van der Waals surface area contributed by atoms with Gasteiger partial charge in [0.2, 0.25) is 5.91 Å². The number of anilines is 1. The minimum atomic E-state index is -0.0560. The van der Waals surface area contributed by atoms with Crippen LogP contribution in [0.2, 0.25) is 0 Å². The summed E-state index contributed by atoms with van der Waals surface area (Å²) in [4.78, 5) is 12.4. The predicted molar refractivity (Wildman–Crippen MR) is 108 cm³/mol. The van der Waals surface area contributed by atoms with Gasteiger partial charge in [-0.3, -0.25) is 9.36 Å². The molecule has 0 saturated heterocycles. The molecule has 0 unspecified atom stereocenters. The Morgan fingerprint density at radius 2 is 2.04 bits per heavy atom. The third kappa shape index (κ3) is 4.80. The molecule has 1 amide bonds. The molecule has 0 aliphatic carbocycles. The van der Waals surface area contributed by atoms with E-state index in [9.17, 15) is 4.79 Å². The normalized spacial score (nSPS) is 11.1.